The summed E-state index contributed by atoms with van der Waals surface area (Å²) in [7, 11) is 1.71. The smallest absolute Gasteiger partial charge is 0.0700 e. The second-order valence-corrected chi connectivity index (χ2v) is 5.01. The summed E-state index contributed by atoms with van der Waals surface area (Å²) in [5, 5.41) is 3.48. The number of methoxy groups -OCH3 is 1. The lowest BCUT2D eigenvalue weighted by molar-refractivity contribution is 0.0570. The fourth-order valence-corrected chi connectivity index (χ4v) is 2.32. The Morgan fingerprint density at radius 2 is 2.12 bits per heavy atom. The molecular formula is C13H28N2O2. The molecule has 1 aliphatic heterocycles. The van der Waals surface area contributed by atoms with Gasteiger partial charge in [0.2, 0.25) is 0 Å². The van der Waals surface area contributed by atoms with Gasteiger partial charge in [-0.2, -0.15) is 0 Å². The third kappa shape index (κ3) is 5.82. The third-order valence-corrected chi connectivity index (χ3v) is 3.33. The standard InChI is InChI=1S/C13H28N2O2/c1-12(2)13-11-14-5-7-15(13)6-4-8-17-10-9-16-3/h12-14H,4-11H2,1-3H3. The van der Waals surface area contributed by atoms with Gasteiger partial charge in [-0.3, -0.25) is 4.90 Å². The fourth-order valence-electron chi connectivity index (χ4n) is 2.32. The highest BCUT2D eigenvalue weighted by atomic mass is 16.5. The molecule has 1 saturated heterocycles. The minimum atomic E-state index is 0.683. The van der Waals surface area contributed by atoms with E-state index in [0.717, 1.165) is 38.6 Å². The van der Waals surface area contributed by atoms with Gasteiger partial charge in [-0.15, -0.1) is 0 Å². The summed E-state index contributed by atoms with van der Waals surface area (Å²) in [5.41, 5.74) is 0. The van der Waals surface area contributed by atoms with Crippen molar-refractivity contribution in [3.05, 3.63) is 0 Å². The zero-order valence-corrected chi connectivity index (χ0v) is 11.6. The number of hydrogen-bond donors (Lipinski definition) is 1. The van der Waals surface area contributed by atoms with Crippen LogP contribution in [0.25, 0.3) is 0 Å². The van der Waals surface area contributed by atoms with E-state index in [1.807, 2.05) is 0 Å². The van der Waals surface area contributed by atoms with E-state index in [2.05, 4.69) is 24.1 Å². The van der Waals surface area contributed by atoms with Gasteiger partial charge in [0.05, 0.1) is 13.2 Å². The monoisotopic (exact) mass is 244 g/mol. The SMILES string of the molecule is COCCOCCCN1CCNCC1C(C)C. The lowest BCUT2D eigenvalue weighted by Gasteiger charge is -2.38. The van der Waals surface area contributed by atoms with Crippen molar-refractivity contribution in [1.82, 2.24) is 10.2 Å². The van der Waals surface area contributed by atoms with Gasteiger partial charge in [-0.25, -0.2) is 0 Å². The van der Waals surface area contributed by atoms with Gasteiger partial charge in [0, 0.05) is 45.9 Å². The molecule has 1 fully saturated rings. The molecule has 0 spiro atoms. The molecule has 0 bridgehead atoms. The van der Waals surface area contributed by atoms with Crippen LogP contribution in [-0.4, -0.2) is 64.1 Å². The van der Waals surface area contributed by atoms with E-state index in [4.69, 9.17) is 9.47 Å². The highest BCUT2D eigenvalue weighted by Gasteiger charge is 2.23. The fraction of sp³-hybridized carbons (Fsp3) is 1.00. The van der Waals surface area contributed by atoms with E-state index < -0.39 is 0 Å². The summed E-state index contributed by atoms with van der Waals surface area (Å²) in [6.45, 7) is 11.4. The molecule has 1 aliphatic rings. The van der Waals surface area contributed by atoms with Crippen molar-refractivity contribution in [2.75, 3.05) is 53.1 Å². The van der Waals surface area contributed by atoms with Crippen molar-refractivity contribution in [2.24, 2.45) is 5.92 Å². The minimum Gasteiger partial charge on any atom is -0.382 e. The Bertz CT molecular complexity index is 188. The van der Waals surface area contributed by atoms with Gasteiger partial charge in [-0.1, -0.05) is 13.8 Å². The highest BCUT2D eigenvalue weighted by Crippen LogP contribution is 2.12. The van der Waals surface area contributed by atoms with Crippen molar-refractivity contribution in [3.8, 4) is 0 Å². The summed E-state index contributed by atoms with van der Waals surface area (Å²) in [6.07, 6.45) is 1.12. The first kappa shape index (κ1) is 14.9. The zero-order chi connectivity index (χ0) is 12.5. The normalized spacial score (nSPS) is 22.2. The van der Waals surface area contributed by atoms with E-state index in [1.54, 1.807) is 7.11 Å². The number of nitrogens with zero attached hydrogens (tertiary/aromatic N) is 1. The van der Waals surface area contributed by atoms with E-state index in [-0.39, 0.29) is 0 Å². The molecule has 0 aliphatic carbocycles. The molecule has 0 saturated carbocycles. The molecule has 1 unspecified atom stereocenters. The molecule has 4 heteroatoms. The Balaban J connectivity index is 2.11. The quantitative estimate of drug-likeness (QED) is 0.645. The molecule has 0 aromatic rings. The molecular weight excluding hydrogens is 216 g/mol. The van der Waals surface area contributed by atoms with Gasteiger partial charge in [0.1, 0.15) is 0 Å². The van der Waals surface area contributed by atoms with Gasteiger partial charge in [0.15, 0.2) is 0 Å². The number of hydrogen-bond acceptors (Lipinski definition) is 4. The molecule has 1 N–H and O–H groups in total. The molecule has 17 heavy (non-hydrogen) atoms. The predicted octanol–water partition coefficient (Wildman–Crippen LogP) is 0.969. The van der Waals surface area contributed by atoms with Gasteiger partial charge < -0.3 is 14.8 Å². The maximum atomic E-state index is 5.49. The number of nitrogens with one attached hydrogen (secondary N) is 1. The first-order valence-electron chi connectivity index (χ1n) is 6.77. The average molecular weight is 244 g/mol. The van der Waals surface area contributed by atoms with Crippen molar-refractivity contribution in [2.45, 2.75) is 26.3 Å². The van der Waals surface area contributed by atoms with E-state index in [0.29, 0.717) is 19.3 Å². The summed E-state index contributed by atoms with van der Waals surface area (Å²) in [5.74, 6) is 0.720. The maximum absolute atomic E-state index is 5.49. The van der Waals surface area contributed by atoms with Crippen LogP contribution in [0.1, 0.15) is 20.3 Å². The second-order valence-electron chi connectivity index (χ2n) is 5.01. The Morgan fingerprint density at radius 1 is 1.29 bits per heavy atom. The third-order valence-electron chi connectivity index (χ3n) is 3.33. The number of piperazine rings is 1. The van der Waals surface area contributed by atoms with Crippen LogP contribution in [-0.2, 0) is 9.47 Å². The molecule has 4 nitrogen and oxygen atoms in total. The molecule has 1 atom stereocenters. The topological polar surface area (TPSA) is 33.7 Å². The molecule has 0 aromatic carbocycles. The maximum Gasteiger partial charge on any atom is 0.0700 e. The lowest BCUT2D eigenvalue weighted by Crippen LogP contribution is -2.53. The molecule has 0 radical (unpaired) electrons. The predicted molar refractivity (Wildman–Crippen MR) is 70.4 cm³/mol. The number of rotatable bonds is 8. The Labute approximate surface area is 106 Å². The largest absolute Gasteiger partial charge is 0.382 e. The van der Waals surface area contributed by atoms with E-state index in [9.17, 15) is 0 Å². The van der Waals surface area contributed by atoms with Crippen molar-refractivity contribution in [3.63, 3.8) is 0 Å². The van der Waals surface area contributed by atoms with Gasteiger partial charge in [-0.05, 0) is 12.3 Å². The van der Waals surface area contributed by atoms with Crippen LogP contribution in [0.4, 0.5) is 0 Å². The first-order valence-corrected chi connectivity index (χ1v) is 6.77. The summed E-state index contributed by atoms with van der Waals surface area (Å²) in [4.78, 5) is 2.60. The van der Waals surface area contributed by atoms with Crippen LogP contribution in [0.2, 0.25) is 0 Å². The van der Waals surface area contributed by atoms with Crippen molar-refractivity contribution < 1.29 is 9.47 Å². The van der Waals surface area contributed by atoms with Crippen LogP contribution in [0.5, 0.6) is 0 Å². The average Bonchev–Trinajstić information content (AvgIpc) is 2.34. The van der Waals surface area contributed by atoms with Crippen LogP contribution in [0.15, 0.2) is 0 Å². The van der Waals surface area contributed by atoms with E-state index >= 15 is 0 Å². The summed E-state index contributed by atoms with van der Waals surface area (Å²) in [6, 6.07) is 0.683. The van der Waals surface area contributed by atoms with Crippen LogP contribution >= 0.6 is 0 Å². The molecule has 1 heterocycles. The second kappa shape index (κ2) is 8.86. The van der Waals surface area contributed by atoms with Gasteiger partial charge >= 0.3 is 0 Å². The van der Waals surface area contributed by atoms with Crippen LogP contribution in [0, 0.1) is 5.92 Å². The zero-order valence-electron chi connectivity index (χ0n) is 11.6. The molecule has 1 rings (SSSR count). The Kier molecular flexibility index (Phi) is 7.77. The van der Waals surface area contributed by atoms with Crippen LogP contribution < -0.4 is 5.32 Å². The summed E-state index contributed by atoms with van der Waals surface area (Å²) >= 11 is 0. The summed E-state index contributed by atoms with van der Waals surface area (Å²) < 4.78 is 10.4. The molecule has 0 amide bonds. The highest BCUT2D eigenvalue weighted by molar-refractivity contribution is 4.81. The first-order chi connectivity index (χ1) is 8.25. The molecule has 0 aromatic heterocycles. The van der Waals surface area contributed by atoms with Crippen molar-refractivity contribution in [1.29, 1.82) is 0 Å². The van der Waals surface area contributed by atoms with E-state index in [1.165, 1.54) is 6.54 Å². The number of ether oxygens (including phenoxy) is 2. The molecule has 102 valence electrons. The Hall–Kier alpha value is -0.160. The Morgan fingerprint density at radius 3 is 2.82 bits per heavy atom. The van der Waals surface area contributed by atoms with Crippen molar-refractivity contribution >= 4 is 0 Å². The lowest BCUT2D eigenvalue weighted by atomic mass is 10.0. The van der Waals surface area contributed by atoms with Crippen LogP contribution in [0.3, 0.4) is 0 Å². The van der Waals surface area contributed by atoms with Gasteiger partial charge in [0.25, 0.3) is 0 Å². The minimum absolute atomic E-state index is 0.683.